The Balaban J connectivity index is 1.83. The van der Waals surface area contributed by atoms with Gasteiger partial charge < -0.3 is 4.74 Å². The van der Waals surface area contributed by atoms with Crippen molar-refractivity contribution in [1.29, 1.82) is 0 Å². The lowest BCUT2D eigenvalue weighted by Gasteiger charge is -2.04. The number of hydrogen-bond donors (Lipinski definition) is 1. The molecular formula is C21H18ClN2O+. The maximum Gasteiger partial charge on any atom is 0.287 e. The van der Waals surface area contributed by atoms with Crippen LogP contribution < -0.4 is 9.30 Å². The van der Waals surface area contributed by atoms with Gasteiger partial charge in [-0.2, -0.15) is 0 Å². The highest BCUT2D eigenvalue weighted by molar-refractivity contribution is 6.30. The number of aromatic nitrogens is 2. The molecule has 4 aromatic rings. The van der Waals surface area contributed by atoms with E-state index in [1.54, 1.807) is 7.11 Å². The minimum Gasteiger partial charge on any atom is -0.497 e. The van der Waals surface area contributed by atoms with Gasteiger partial charge >= 0.3 is 0 Å². The summed E-state index contributed by atoms with van der Waals surface area (Å²) in [5, 5.41) is 0.753. The van der Waals surface area contributed by atoms with E-state index >= 15 is 0 Å². The van der Waals surface area contributed by atoms with E-state index in [9.17, 15) is 0 Å². The fourth-order valence-corrected chi connectivity index (χ4v) is 3.17. The number of halogens is 1. The number of methoxy groups -OCH3 is 1. The summed E-state index contributed by atoms with van der Waals surface area (Å²) in [7, 11) is 1.68. The SMILES string of the molecule is COc1ccc(-c2[nH]c3ccccc3[n+]2Cc2ccc(Cl)cc2)cc1. The van der Waals surface area contributed by atoms with Crippen molar-refractivity contribution < 1.29 is 9.30 Å². The van der Waals surface area contributed by atoms with Crippen LogP contribution in [-0.4, -0.2) is 12.1 Å². The van der Waals surface area contributed by atoms with E-state index in [0.29, 0.717) is 0 Å². The van der Waals surface area contributed by atoms with Crippen LogP contribution in [-0.2, 0) is 6.54 Å². The number of imidazole rings is 1. The summed E-state index contributed by atoms with van der Waals surface area (Å²) in [6.45, 7) is 0.766. The molecule has 4 heteroatoms. The Morgan fingerprint density at radius 1 is 0.920 bits per heavy atom. The molecule has 4 rings (SSSR count). The van der Waals surface area contributed by atoms with E-state index in [4.69, 9.17) is 16.3 Å². The molecule has 0 unspecified atom stereocenters. The van der Waals surface area contributed by atoms with Crippen molar-refractivity contribution in [3.8, 4) is 17.1 Å². The summed E-state index contributed by atoms with van der Waals surface area (Å²) < 4.78 is 7.56. The third kappa shape index (κ3) is 3.11. The topological polar surface area (TPSA) is 28.9 Å². The van der Waals surface area contributed by atoms with Gasteiger partial charge in [-0.15, -0.1) is 0 Å². The van der Waals surface area contributed by atoms with Crippen molar-refractivity contribution in [2.24, 2.45) is 0 Å². The third-order valence-electron chi connectivity index (χ3n) is 4.34. The van der Waals surface area contributed by atoms with E-state index in [-0.39, 0.29) is 0 Å². The molecule has 0 aliphatic carbocycles. The highest BCUT2D eigenvalue weighted by Gasteiger charge is 2.20. The average molecular weight is 350 g/mol. The Kier molecular flexibility index (Phi) is 4.16. The van der Waals surface area contributed by atoms with Crippen LogP contribution >= 0.6 is 11.6 Å². The lowest BCUT2D eigenvalue weighted by atomic mass is 10.2. The van der Waals surface area contributed by atoms with E-state index in [0.717, 1.165) is 34.2 Å². The van der Waals surface area contributed by atoms with Crippen molar-refractivity contribution in [2.45, 2.75) is 6.54 Å². The van der Waals surface area contributed by atoms with Crippen LogP contribution in [0.15, 0.2) is 72.8 Å². The summed E-state index contributed by atoms with van der Waals surface area (Å²) in [6.07, 6.45) is 0. The number of nitrogens with zero attached hydrogens (tertiary/aromatic N) is 1. The number of benzene rings is 3. The molecule has 1 heterocycles. The van der Waals surface area contributed by atoms with Gasteiger partial charge in [-0.3, -0.25) is 0 Å². The highest BCUT2D eigenvalue weighted by Crippen LogP contribution is 2.22. The first kappa shape index (κ1) is 15.7. The molecule has 1 aromatic heterocycles. The molecule has 25 heavy (non-hydrogen) atoms. The van der Waals surface area contributed by atoms with E-state index in [1.807, 2.05) is 30.3 Å². The first-order valence-corrected chi connectivity index (χ1v) is 8.52. The molecule has 0 aliphatic rings. The van der Waals surface area contributed by atoms with Gasteiger partial charge in [0.2, 0.25) is 0 Å². The second kappa shape index (κ2) is 6.61. The Hall–Kier alpha value is -2.78. The number of nitrogens with one attached hydrogen (secondary N) is 1. The smallest absolute Gasteiger partial charge is 0.287 e. The van der Waals surface area contributed by atoms with Crippen molar-refractivity contribution in [2.75, 3.05) is 7.11 Å². The molecule has 0 atom stereocenters. The van der Waals surface area contributed by atoms with Gasteiger partial charge in [0, 0.05) is 5.02 Å². The van der Waals surface area contributed by atoms with Gasteiger partial charge in [0.15, 0.2) is 11.0 Å². The molecule has 124 valence electrons. The molecule has 0 fully saturated rings. The van der Waals surface area contributed by atoms with E-state index in [2.05, 4.69) is 52.0 Å². The molecule has 1 N–H and O–H groups in total. The van der Waals surface area contributed by atoms with Crippen LogP contribution in [0, 0.1) is 0 Å². The average Bonchev–Trinajstić information content (AvgIpc) is 3.02. The summed E-state index contributed by atoms with van der Waals surface area (Å²) in [5.74, 6) is 1.92. The van der Waals surface area contributed by atoms with Crippen LogP contribution in [0.25, 0.3) is 22.4 Å². The minimum atomic E-state index is 0.753. The number of H-pyrrole nitrogens is 1. The lowest BCUT2D eigenvalue weighted by molar-refractivity contribution is -0.651. The number of hydrogen-bond acceptors (Lipinski definition) is 1. The number of fused-ring (bicyclic) bond motifs is 1. The molecule has 0 saturated heterocycles. The zero-order chi connectivity index (χ0) is 17.2. The van der Waals surface area contributed by atoms with Crippen molar-refractivity contribution in [3.63, 3.8) is 0 Å². The fourth-order valence-electron chi connectivity index (χ4n) is 3.04. The van der Waals surface area contributed by atoms with Gasteiger partial charge in [-0.25, -0.2) is 9.55 Å². The fraction of sp³-hybridized carbons (Fsp3) is 0.0952. The monoisotopic (exact) mass is 349 g/mol. The number of rotatable bonds is 4. The minimum absolute atomic E-state index is 0.753. The lowest BCUT2D eigenvalue weighted by Crippen LogP contribution is -2.35. The van der Waals surface area contributed by atoms with Crippen LogP contribution in [0.4, 0.5) is 0 Å². The highest BCUT2D eigenvalue weighted by atomic mass is 35.5. The van der Waals surface area contributed by atoms with E-state index in [1.165, 1.54) is 11.1 Å². The van der Waals surface area contributed by atoms with Crippen LogP contribution in [0.1, 0.15) is 5.56 Å². The first-order chi connectivity index (χ1) is 12.2. The zero-order valence-corrected chi connectivity index (χ0v) is 14.6. The summed E-state index contributed by atoms with van der Waals surface area (Å²) in [4.78, 5) is 3.55. The Morgan fingerprint density at radius 3 is 2.36 bits per heavy atom. The number of para-hydroxylation sites is 2. The first-order valence-electron chi connectivity index (χ1n) is 8.14. The maximum absolute atomic E-state index is 6.02. The van der Waals surface area contributed by atoms with Gasteiger partial charge in [0.25, 0.3) is 5.82 Å². The Morgan fingerprint density at radius 2 is 1.64 bits per heavy atom. The summed E-state index contributed by atoms with van der Waals surface area (Å²) in [6, 6.07) is 24.4. The predicted molar refractivity (Wildman–Crippen MR) is 101 cm³/mol. The second-order valence-electron chi connectivity index (χ2n) is 5.93. The van der Waals surface area contributed by atoms with Crippen molar-refractivity contribution >= 4 is 22.6 Å². The molecule has 0 aliphatic heterocycles. The summed E-state index contributed by atoms with van der Waals surface area (Å²) in [5.41, 5.74) is 4.60. The number of aromatic amines is 1. The third-order valence-corrected chi connectivity index (χ3v) is 4.59. The molecule has 0 amide bonds. The van der Waals surface area contributed by atoms with Crippen LogP contribution in [0.5, 0.6) is 5.75 Å². The molecule has 0 bridgehead atoms. The van der Waals surface area contributed by atoms with Gasteiger partial charge in [0.05, 0.1) is 12.7 Å². The predicted octanol–water partition coefficient (Wildman–Crippen LogP) is 4.83. The summed E-state index contributed by atoms with van der Waals surface area (Å²) >= 11 is 6.02. The maximum atomic E-state index is 6.02. The van der Waals surface area contributed by atoms with Gasteiger partial charge in [-0.1, -0.05) is 35.9 Å². The Labute approximate surface area is 151 Å². The molecule has 3 nitrogen and oxygen atoms in total. The normalized spacial score (nSPS) is 11.0. The number of ether oxygens (including phenoxy) is 1. The van der Waals surface area contributed by atoms with Crippen LogP contribution in [0.3, 0.4) is 0 Å². The standard InChI is InChI=1S/C21H17ClN2O/c1-25-18-12-8-16(9-13-18)21-23-19-4-2-3-5-20(19)24(21)14-15-6-10-17(22)11-7-15/h2-13H,14H2,1H3/p+1. The molecule has 0 radical (unpaired) electrons. The van der Waals surface area contributed by atoms with Crippen molar-refractivity contribution in [3.05, 3.63) is 83.4 Å². The van der Waals surface area contributed by atoms with Gasteiger partial charge in [0.1, 0.15) is 12.3 Å². The van der Waals surface area contributed by atoms with Crippen LogP contribution in [0.2, 0.25) is 5.02 Å². The quantitative estimate of drug-likeness (QED) is 0.525. The van der Waals surface area contributed by atoms with Gasteiger partial charge in [-0.05, 0) is 54.1 Å². The molecule has 0 saturated carbocycles. The molecule has 0 spiro atoms. The van der Waals surface area contributed by atoms with E-state index < -0.39 is 0 Å². The second-order valence-corrected chi connectivity index (χ2v) is 6.37. The van der Waals surface area contributed by atoms with Crippen molar-refractivity contribution in [1.82, 2.24) is 4.98 Å². The molecular weight excluding hydrogens is 332 g/mol. The zero-order valence-electron chi connectivity index (χ0n) is 13.9. The molecule has 3 aromatic carbocycles. The largest absolute Gasteiger partial charge is 0.497 e. The Bertz CT molecular complexity index is 1000.